The van der Waals surface area contributed by atoms with Gasteiger partial charge < -0.3 is 15.5 Å². The average molecular weight is 266 g/mol. The molecular weight excluding hydrogens is 252 g/mol. The van der Waals surface area contributed by atoms with Crippen LogP contribution in [0.25, 0.3) is 0 Å². The number of non-ortho nitro benzene ring substituents is 1. The van der Waals surface area contributed by atoms with Crippen LogP contribution in [-0.4, -0.2) is 33.8 Å². The van der Waals surface area contributed by atoms with Gasteiger partial charge in [-0.25, -0.2) is 4.79 Å². The van der Waals surface area contributed by atoms with Gasteiger partial charge in [0.1, 0.15) is 0 Å². The van der Waals surface area contributed by atoms with Crippen molar-refractivity contribution in [3.05, 3.63) is 33.9 Å². The SMILES string of the molecule is O=C(O)c1cc([N+](=O)[O-])ccc1NCC(O)C1CC1. The van der Waals surface area contributed by atoms with E-state index in [-0.39, 0.29) is 29.4 Å². The Labute approximate surface area is 109 Å². The van der Waals surface area contributed by atoms with Crippen LogP contribution < -0.4 is 5.32 Å². The van der Waals surface area contributed by atoms with Gasteiger partial charge in [0.2, 0.25) is 0 Å². The number of nitrogens with one attached hydrogen (secondary N) is 1. The van der Waals surface area contributed by atoms with Crippen LogP contribution in [0.4, 0.5) is 11.4 Å². The van der Waals surface area contributed by atoms with Crippen LogP contribution in [0.2, 0.25) is 0 Å². The first kappa shape index (κ1) is 13.3. The summed E-state index contributed by atoms with van der Waals surface area (Å²) in [6.07, 6.45) is 1.45. The quantitative estimate of drug-likeness (QED) is 0.531. The van der Waals surface area contributed by atoms with Crippen molar-refractivity contribution in [3.8, 4) is 0 Å². The standard InChI is InChI=1S/C12H14N2O5/c15-11(7-1-2-7)6-13-10-4-3-8(14(18)19)5-9(10)12(16)17/h3-5,7,11,13,15H,1-2,6H2,(H,16,17). The molecule has 7 heteroatoms. The molecule has 0 aromatic heterocycles. The number of benzene rings is 1. The third kappa shape index (κ3) is 3.19. The summed E-state index contributed by atoms with van der Waals surface area (Å²) in [6.45, 7) is 0.239. The Morgan fingerprint density at radius 2 is 2.21 bits per heavy atom. The minimum atomic E-state index is -1.24. The number of nitro groups is 1. The number of hydrogen-bond donors (Lipinski definition) is 3. The molecule has 0 spiro atoms. The summed E-state index contributed by atoms with van der Waals surface area (Å²) >= 11 is 0. The predicted molar refractivity (Wildman–Crippen MR) is 67.3 cm³/mol. The van der Waals surface area contributed by atoms with Gasteiger partial charge in [0.05, 0.1) is 16.6 Å². The summed E-state index contributed by atoms with van der Waals surface area (Å²) in [6, 6.07) is 3.59. The van der Waals surface area contributed by atoms with E-state index in [0.717, 1.165) is 18.9 Å². The van der Waals surface area contributed by atoms with Crippen LogP contribution in [0.1, 0.15) is 23.2 Å². The Kier molecular flexibility index (Phi) is 3.66. The molecule has 1 aromatic carbocycles. The van der Waals surface area contributed by atoms with E-state index in [1.54, 1.807) is 0 Å². The smallest absolute Gasteiger partial charge is 0.338 e. The number of aliphatic hydroxyl groups is 1. The summed E-state index contributed by atoms with van der Waals surface area (Å²) < 4.78 is 0. The molecule has 7 nitrogen and oxygen atoms in total. The Morgan fingerprint density at radius 3 is 2.74 bits per heavy atom. The molecule has 3 N–H and O–H groups in total. The molecule has 102 valence electrons. The van der Waals surface area contributed by atoms with Gasteiger partial charge in [-0.05, 0) is 24.8 Å². The highest BCUT2D eigenvalue weighted by Gasteiger charge is 2.29. The fourth-order valence-corrected chi connectivity index (χ4v) is 1.84. The summed E-state index contributed by atoms with van der Waals surface area (Å²) in [5, 5.41) is 32.2. The zero-order valence-electron chi connectivity index (χ0n) is 10.1. The van der Waals surface area contributed by atoms with Crippen LogP contribution in [0.3, 0.4) is 0 Å². The molecule has 0 amide bonds. The Hall–Kier alpha value is -2.15. The molecule has 1 saturated carbocycles. The van der Waals surface area contributed by atoms with Crippen molar-refractivity contribution >= 4 is 17.3 Å². The van der Waals surface area contributed by atoms with Crippen LogP contribution in [0.5, 0.6) is 0 Å². The molecule has 19 heavy (non-hydrogen) atoms. The molecule has 1 unspecified atom stereocenters. The molecule has 2 rings (SSSR count). The number of carboxylic acid groups (broad SMARTS) is 1. The number of carboxylic acids is 1. The first-order valence-electron chi connectivity index (χ1n) is 5.92. The Morgan fingerprint density at radius 1 is 1.53 bits per heavy atom. The van der Waals surface area contributed by atoms with E-state index in [1.807, 2.05) is 0 Å². The zero-order chi connectivity index (χ0) is 14.0. The van der Waals surface area contributed by atoms with Crippen molar-refractivity contribution in [2.45, 2.75) is 18.9 Å². The van der Waals surface area contributed by atoms with Gasteiger partial charge >= 0.3 is 5.97 Å². The molecule has 1 fully saturated rings. The summed E-state index contributed by atoms with van der Waals surface area (Å²) in [7, 11) is 0. The number of nitro benzene ring substituents is 1. The molecule has 1 aromatic rings. The molecule has 0 heterocycles. The van der Waals surface area contributed by atoms with Gasteiger partial charge in [-0.1, -0.05) is 0 Å². The third-order valence-electron chi connectivity index (χ3n) is 3.11. The Balaban J connectivity index is 2.13. The van der Waals surface area contributed by atoms with Gasteiger partial charge in [0, 0.05) is 24.4 Å². The van der Waals surface area contributed by atoms with Gasteiger partial charge in [0.15, 0.2) is 0 Å². The van der Waals surface area contributed by atoms with E-state index in [1.165, 1.54) is 12.1 Å². The van der Waals surface area contributed by atoms with E-state index in [2.05, 4.69) is 5.32 Å². The van der Waals surface area contributed by atoms with Gasteiger partial charge in [0.25, 0.3) is 5.69 Å². The first-order chi connectivity index (χ1) is 8.99. The lowest BCUT2D eigenvalue weighted by Crippen LogP contribution is -2.22. The van der Waals surface area contributed by atoms with Crippen molar-refractivity contribution in [1.82, 2.24) is 0 Å². The fourth-order valence-electron chi connectivity index (χ4n) is 1.84. The van der Waals surface area contributed by atoms with E-state index in [4.69, 9.17) is 5.11 Å². The van der Waals surface area contributed by atoms with Crippen molar-refractivity contribution in [2.24, 2.45) is 5.92 Å². The van der Waals surface area contributed by atoms with E-state index in [0.29, 0.717) is 0 Å². The second kappa shape index (κ2) is 5.23. The lowest BCUT2D eigenvalue weighted by atomic mass is 10.1. The molecule has 1 aliphatic rings. The average Bonchev–Trinajstić information content (AvgIpc) is 3.19. The fraction of sp³-hybridized carbons (Fsp3) is 0.417. The molecule has 0 radical (unpaired) electrons. The molecule has 0 aliphatic heterocycles. The first-order valence-corrected chi connectivity index (χ1v) is 5.92. The second-order valence-corrected chi connectivity index (χ2v) is 4.58. The minimum Gasteiger partial charge on any atom is -0.478 e. The lowest BCUT2D eigenvalue weighted by Gasteiger charge is -2.13. The van der Waals surface area contributed by atoms with Crippen LogP contribution >= 0.6 is 0 Å². The number of anilines is 1. The van der Waals surface area contributed by atoms with Crippen LogP contribution in [0, 0.1) is 16.0 Å². The third-order valence-corrected chi connectivity index (χ3v) is 3.11. The largest absolute Gasteiger partial charge is 0.478 e. The monoisotopic (exact) mass is 266 g/mol. The van der Waals surface area contributed by atoms with E-state index >= 15 is 0 Å². The number of aliphatic hydroxyl groups excluding tert-OH is 1. The molecule has 1 aliphatic carbocycles. The van der Waals surface area contributed by atoms with Crippen LogP contribution in [-0.2, 0) is 0 Å². The van der Waals surface area contributed by atoms with Crippen molar-refractivity contribution in [2.75, 3.05) is 11.9 Å². The molecular formula is C12H14N2O5. The highest BCUT2D eigenvalue weighted by atomic mass is 16.6. The van der Waals surface area contributed by atoms with Crippen molar-refractivity contribution in [1.29, 1.82) is 0 Å². The lowest BCUT2D eigenvalue weighted by molar-refractivity contribution is -0.384. The summed E-state index contributed by atoms with van der Waals surface area (Å²) in [5.74, 6) is -0.967. The number of rotatable bonds is 6. The number of nitrogens with zero attached hydrogens (tertiary/aromatic N) is 1. The van der Waals surface area contributed by atoms with Gasteiger partial charge in [-0.3, -0.25) is 10.1 Å². The normalized spacial score (nSPS) is 15.8. The second-order valence-electron chi connectivity index (χ2n) is 4.58. The number of aromatic carboxylic acids is 1. The van der Waals surface area contributed by atoms with E-state index < -0.39 is 17.0 Å². The summed E-state index contributed by atoms with van der Waals surface area (Å²) in [4.78, 5) is 21.0. The highest BCUT2D eigenvalue weighted by molar-refractivity contribution is 5.95. The predicted octanol–water partition coefficient (Wildman–Crippen LogP) is 1.48. The van der Waals surface area contributed by atoms with Crippen molar-refractivity contribution in [3.63, 3.8) is 0 Å². The maximum Gasteiger partial charge on any atom is 0.338 e. The number of hydrogen-bond acceptors (Lipinski definition) is 5. The molecule has 0 bridgehead atoms. The Bertz CT molecular complexity index is 513. The minimum absolute atomic E-state index is 0.169. The maximum atomic E-state index is 11.1. The van der Waals surface area contributed by atoms with Gasteiger partial charge in [-0.15, -0.1) is 0 Å². The van der Waals surface area contributed by atoms with Crippen molar-refractivity contribution < 1.29 is 19.9 Å². The number of carbonyl (C=O) groups is 1. The molecule has 0 saturated heterocycles. The molecule has 1 atom stereocenters. The van der Waals surface area contributed by atoms with E-state index in [9.17, 15) is 20.0 Å². The van der Waals surface area contributed by atoms with Gasteiger partial charge in [-0.2, -0.15) is 0 Å². The van der Waals surface area contributed by atoms with Crippen LogP contribution in [0.15, 0.2) is 18.2 Å². The zero-order valence-corrected chi connectivity index (χ0v) is 10.1. The highest BCUT2D eigenvalue weighted by Crippen LogP contribution is 2.32. The maximum absolute atomic E-state index is 11.1. The summed E-state index contributed by atoms with van der Waals surface area (Å²) in [5.41, 5.74) is -0.166. The topological polar surface area (TPSA) is 113 Å².